The van der Waals surface area contributed by atoms with Gasteiger partial charge in [0.25, 0.3) is 0 Å². The molecular weight excluding hydrogens is 178 g/mol. The lowest BCUT2D eigenvalue weighted by atomic mass is 9.89. The van der Waals surface area contributed by atoms with Crippen LogP contribution in [-0.2, 0) is 4.74 Å². The molecule has 3 heteroatoms. The maximum absolute atomic E-state index is 9.31. The Morgan fingerprint density at radius 2 is 1.93 bits per heavy atom. The largest absolute Gasteiger partial charge is 0.392 e. The van der Waals surface area contributed by atoms with E-state index in [1.54, 1.807) is 14.0 Å². The Labute approximate surface area is 87.8 Å². The molecule has 2 atom stereocenters. The fourth-order valence-corrected chi connectivity index (χ4v) is 1.07. The molecule has 14 heavy (non-hydrogen) atoms. The third-order valence-corrected chi connectivity index (χ3v) is 2.61. The van der Waals surface area contributed by atoms with Crippen LogP contribution in [0.1, 0.15) is 34.1 Å². The first-order chi connectivity index (χ1) is 6.39. The van der Waals surface area contributed by atoms with Crippen molar-refractivity contribution >= 4 is 0 Å². The van der Waals surface area contributed by atoms with Gasteiger partial charge in [0, 0.05) is 26.3 Å². The molecular formula is C11H25NO2. The highest BCUT2D eigenvalue weighted by Crippen LogP contribution is 2.19. The maximum atomic E-state index is 9.31. The Bertz CT molecular complexity index is 146. The number of ether oxygens (including phenoxy) is 1. The van der Waals surface area contributed by atoms with Crippen LogP contribution < -0.4 is 5.32 Å². The van der Waals surface area contributed by atoms with E-state index in [1.807, 2.05) is 6.92 Å². The highest BCUT2D eigenvalue weighted by molar-refractivity contribution is 4.75. The fourth-order valence-electron chi connectivity index (χ4n) is 1.07. The van der Waals surface area contributed by atoms with Crippen LogP contribution in [0.25, 0.3) is 0 Å². The molecule has 0 spiro atoms. The molecule has 86 valence electrons. The van der Waals surface area contributed by atoms with Gasteiger partial charge in [0.05, 0.1) is 6.10 Å². The monoisotopic (exact) mass is 203 g/mol. The zero-order valence-electron chi connectivity index (χ0n) is 10.1. The van der Waals surface area contributed by atoms with Gasteiger partial charge in [0.1, 0.15) is 0 Å². The molecule has 0 bridgehead atoms. The number of aliphatic hydroxyl groups excluding tert-OH is 1. The van der Waals surface area contributed by atoms with E-state index in [0.717, 1.165) is 19.6 Å². The summed E-state index contributed by atoms with van der Waals surface area (Å²) >= 11 is 0. The Morgan fingerprint density at radius 1 is 1.36 bits per heavy atom. The topological polar surface area (TPSA) is 41.5 Å². The van der Waals surface area contributed by atoms with E-state index in [-0.39, 0.29) is 17.6 Å². The van der Waals surface area contributed by atoms with Crippen molar-refractivity contribution < 1.29 is 9.84 Å². The molecule has 0 rings (SSSR count). The fraction of sp³-hybridized carbons (Fsp3) is 1.00. The van der Waals surface area contributed by atoms with Crippen LogP contribution in [0.5, 0.6) is 0 Å². The Hall–Kier alpha value is -0.120. The van der Waals surface area contributed by atoms with Crippen molar-refractivity contribution in [1.82, 2.24) is 5.32 Å². The van der Waals surface area contributed by atoms with E-state index in [0.29, 0.717) is 0 Å². The second-order valence-corrected chi connectivity index (χ2v) is 4.82. The summed E-state index contributed by atoms with van der Waals surface area (Å²) in [5.41, 5.74) is 0.221. The van der Waals surface area contributed by atoms with Gasteiger partial charge in [-0.05, 0) is 25.7 Å². The quantitative estimate of drug-likeness (QED) is 0.657. The van der Waals surface area contributed by atoms with E-state index in [4.69, 9.17) is 4.74 Å². The first-order valence-electron chi connectivity index (χ1n) is 5.29. The predicted molar refractivity (Wildman–Crippen MR) is 59.4 cm³/mol. The molecule has 0 aromatic heterocycles. The van der Waals surface area contributed by atoms with Gasteiger partial charge in [-0.25, -0.2) is 0 Å². The zero-order valence-corrected chi connectivity index (χ0v) is 10.1. The molecule has 0 heterocycles. The second kappa shape index (κ2) is 6.38. The number of hydrogen-bond acceptors (Lipinski definition) is 3. The van der Waals surface area contributed by atoms with Crippen molar-refractivity contribution in [1.29, 1.82) is 0 Å². The van der Waals surface area contributed by atoms with E-state index >= 15 is 0 Å². The second-order valence-electron chi connectivity index (χ2n) is 4.82. The highest BCUT2D eigenvalue weighted by atomic mass is 16.5. The lowest BCUT2D eigenvalue weighted by Crippen LogP contribution is -2.41. The molecule has 0 saturated carbocycles. The van der Waals surface area contributed by atoms with Gasteiger partial charge >= 0.3 is 0 Å². The average molecular weight is 203 g/mol. The van der Waals surface area contributed by atoms with Crippen LogP contribution in [0.2, 0.25) is 0 Å². The standard InChI is InChI=1S/C11H25NO2/c1-9(10(2)13)12-8-11(3,4)6-7-14-5/h9-10,12-13H,6-8H2,1-5H3. The average Bonchev–Trinajstić information content (AvgIpc) is 2.11. The van der Waals surface area contributed by atoms with Crippen LogP contribution in [0, 0.1) is 5.41 Å². The molecule has 0 aliphatic heterocycles. The van der Waals surface area contributed by atoms with Gasteiger partial charge in [-0.1, -0.05) is 13.8 Å². The summed E-state index contributed by atoms with van der Waals surface area (Å²) in [6.45, 7) is 9.90. The lowest BCUT2D eigenvalue weighted by Gasteiger charge is -2.27. The summed E-state index contributed by atoms with van der Waals surface area (Å²) in [7, 11) is 1.72. The third-order valence-electron chi connectivity index (χ3n) is 2.61. The van der Waals surface area contributed by atoms with Crippen molar-refractivity contribution in [3.63, 3.8) is 0 Å². The van der Waals surface area contributed by atoms with Crippen molar-refractivity contribution in [3.05, 3.63) is 0 Å². The normalized spacial score (nSPS) is 16.7. The van der Waals surface area contributed by atoms with Gasteiger partial charge in [0.2, 0.25) is 0 Å². The van der Waals surface area contributed by atoms with E-state index in [9.17, 15) is 5.11 Å². The molecule has 0 aromatic rings. The lowest BCUT2D eigenvalue weighted by molar-refractivity contribution is 0.127. The summed E-state index contributed by atoms with van der Waals surface area (Å²) in [6, 6.07) is 0.150. The number of nitrogens with one attached hydrogen (secondary N) is 1. The molecule has 2 unspecified atom stereocenters. The van der Waals surface area contributed by atoms with E-state index in [2.05, 4.69) is 19.2 Å². The molecule has 0 radical (unpaired) electrons. The summed E-state index contributed by atoms with van der Waals surface area (Å²) in [6.07, 6.45) is 0.733. The first-order valence-corrected chi connectivity index (χ1v) is 5.29. The van der Waals surface area contributed by atoms with Crippen LogP contribution in [0.15, 0.2) is 0 Å². The van der Waals surface area contributed by atoms with E-state index < -0.39 is 0 Å². The Balaban J connectivity index is 3.74. The minimum atomic E-state index is -0.298. The van der Waals surface area contributed by atoms with Crippen LogP contribution in [-0.4, -0.2) is 37.5 Å². The maximum Gasteiger partial charge on any atom is 0.0662 e. The minimum Gasteiger partial charge on any atom is -0.392 e. The van der Waals surface area contributed by atoms with Crippen molar-refractivity contribution in [3.8, 4) is 0 Å². The molecule has 0 amide bonds. The molecule has 0 saturated heterocycles. The summed E-state index contributed by atoms with van der Waals surface area (Å²) in [4.78, 5) is 0. The van der Waals surface area contributed by atoms with Gasteiger partial charge in [-0.15, -0.1) is 0 Å². The minimum absolute atomic E-state index is 0.150. The highest BCUT2D eigenvalue weighted by Gasteiger charge is 2.19. The van der Waals surface area contributed by atoms with Gasteiger partial charge in [-0.3, -0.25) is 0 Å². The first kappa shape index (κ1) is 13.9. The Kier molecular flexibility index (Phi) is 6.33. The SMILES string of the molecule is COCCC(C)(C)CNC(C)C(C)O. The van der Waals surface area contributed by atoms with Gasteiger partial charge in [0.15, 0.2) is 0 Å². The molecule has 0 fully saturated rings. The Morgan fingerprint density at radius 3 is 2.36 bits per heavy atom. The van der Waals surface area contributed by atoms with Crippen LogP contribution in [0.4, 0.5) is 0 Å². The van der Waals surface area contributed by atoms with Crippen molar-refractivity contribution in [2.45, 2.75) is 46.3 Å². The number of rotatable bonds is 7. The molecule has 0 aliphatic rings. The number of aliphatic hydroxyl groups is 1. The van der Waals surface area contributed by atoms with Crippen molar-refractivity contribution in [2.24, 2.45) is 5.41 Å². The van der Waals surface area contributed by atoms with Crippen LogP contribution >= 0.6 is 0 Å². The molecule has 0 aromatic carbocycles. The molecule has 2 N–H and O–H groups in total. The van der Waals surface area contributed by atoms with Crippen LogP contribution in [0.3, 0.4) is 0 Å². The smallest absolute Gasteiger partial charge is 0.0662 e. The van der Waals surface area contributed by atoms with Crippen molar-refractivity contribution in [2.75, 3.05) is 20.3 Å². The molecule has 3 nitrogen and oxygen atoms in total. The predicted octanol–water partition coefficient (Wildman–Crippen LogP) is 1.41. The molecule has 0 aliphatic carbocycles. The summed E-state index contributed by atoms with van der Waals surface area (Å²) in [5, 5.41) is 12.6. The third kappa shape index (κ3) is 6.35. The summed E-state index contributed by atoms with van der Waals surface area (Å²) < 4.78 is 5.05. The van der Waals surface area contributed by atoms with E-state index in [1.165, 1.54) is 0 Å². The zero-order chi connectivity index (χ0) is 11.2. The van der Waals surface area contributed by atoms with Gasteiger partial charge < -0.3 is 15.2 Å². The van der Waals surface area contributed by atoms with Gasteiger partial charge in [-0.2, -0.15) is 0 Å². The number of hydrogen-bond donors (Lipinski definition) is 2. The summed E-state index contributed by atoms with van der Waals surface area (Å²) in [5.74, 6) is 0. The number of methoxy groups -OCH3 is 1.